The highest BCUT2D eigenvalue weighted by Crippen LogP contribution is 2.18. The highest BCUT2D eigenvalue weighted by atomic mass is 32.1. The highest BCUT2D eigenvalue weighted by Gasteiger charge is 2.04. The minimum Gasteiger partial charge on any atom is -0.363 e. The third-order valence-electron chi connectivity index (χ3n) is 1.54. The lowest BCUT2D eigenvalue weighted by Gasteiger charge is -2.20. The Morgan fingerprint density at radius 3 is 2.70 bits per heavy atom. The predicted molar refractivity (Wildman–Crippen MR) is 45.7 cm³/mol. The van der Waals surface area contributed by atoms with Gasteiger partial charge in [0.05, 0.1) is 11.7 Å². The van der Waals surface area contributed by atoms with Gasteiger partial charge in [-0.05, 0) is 13.8 Å². The van der Waals surface area contributed by atoms with Crippen molar-refractivity contribution in [2.45, 2.75) is 19.9 Å². The van der Waals surface area contributed by atoms with Crippen molar-refractivity contribution in [3.8, 4) is 0 Å². The largest absolute Gasteiger partial charge is 0.363 e. The van der Waals surface area contributed by atoms with E-state index in [1.54, 1.807) is 11.3 Å². The second-order valence-corrected chi connectivity index (χ2v) is 3.41. The summed E-state index contributed by atoms with van der Waals surface area (Å²) in [6.07, 6.45) is 1.89. The molecule has 0 fully saturated rings. The van der Waals surface area contributed by atoms with Crippen molar-refractivity contribution in [3.05, 3.63) is 11.7 Å². The molecule has 2 nitrogen and oxygen atoms in total. The molecule has 3 heteroatoms. The Kier molecular flexibility index (Phi) is 2.27. The summed E-state index contributed by atoms with van der Waals surface area (Å²) in [5.74, 6) is 0. The molecule has 0 aliphatic rings. The number of hydrogen-bond donors (Lipinski definition) is 0. The molecule has 0 saturated carbocycles. The maximum absolute atomic E-state index is 4.00. The maximum atomic E-state index is 4.00. The summed E-state index contributed by atoms with van der Waals surface area (Å²) >= 11 is 1.67. The fourth-order valence-electron chi connectivity index (χ4n) is 0.638. The Hall–Kier alpha value is -0.570. The van der Waals surface area contributed by atoms with Gasteiger partial charge in [0, 0.05) is 13.1 Å². The quantitative estimate of drug-likeness (QED) is 0.651. The van der Waals surface area contributed by atoms with Crippen LogP contribution in [-0.4, -0.2) is 18.1 Å². The van der Waals surface area contributed by atoms with E-state index in [4.69, 9.17) is 0 Å². The zero-order valence-corrected chi connectivity index (χ0v) is 7.35. The van der Waals surface area contributed by atoms with Crippen LogP contribution in [0.4, 0.5) is 5.00 Å². The van der Waals surface area contributed by atoms with Gasteiger partial charge in [0.15, 0.2) is 0 Å². The first-order valence-electron chi connectivity index (χ1n) is 3.33. The summed E-state index contributed by atoms with van der Waals surface area (Å²) in [5, 5.41) is 1.23. The Morgan fingerprint density at radius 2 is 2.30 bits per heavy atom. The monoisotopic (exact) mass is 156 g/mol. The Morgan fingerprint density at radius 1 is 1.60 bits per heavy atom. The summed E-state index contributed by atoms with van der Waals surface area (Å²) in [7, 11) is 2.08. The average Bonchev–Trinajstić information content (AvgIpc) is 2.36. The van der Waals surface area contributed by atoms with E-state index in [2.05, 4.69) is 30.8 Å². The van der Waals surface area contributed by atoms with Crippen molar-refractivity contribution < 1.29 is 0 Å². The zero-order valence-electron chi connectivity index (χ0n) is 6.53. The smallest absolute Gasteiger partial charge is 0.111 e. The molecule has 1 aromatic rings. The number of rotatable bonds is 2. The Balaban J connectivity index is 2.68. The van der Waals surface area contributed by atoms with Crippen molar-refractivity contribution in [1.82, 2.24) is 4.98 Å². The third-order valence-corrected chi connectivity index (χ3v) is 2.40. The number of aromatic nitrogens is 1. The number of thiazole rings is 1. The maximum Gasteiger partial charge on any atom is 0.111 e. The van der Waals surface area contributed by atoms with E-state index in [9.17, 15) is 0 Å². The summed E-state index contributed by atoms with van der Waals surface area (Å²) in [4.78, 5) is 6.21. The molecule has 10 heavy (non-hydrogen) atoms. The summed E-state index contributed by atoms with van der Waals surface area (Å²) in [6, 6.07) is 0.556. The molecule has 0 atom stereocenters. The van der Waals surface area contributed by atoms with Crippen LogP contribution in [0.15, 0.2) is 11.7 Å². The van der Waals surface area contributed by atoms with Crippen molar-refractivity contribution in [3.63, 3.8) is 0 Å². The Bertz CT molecular complexity index is 181. The second-order valence-electron chi connectivity index (χ2n) is 2.54. The van der Waals surface area contributed by atoms with Crippen molar-refractivity contribution in [1.29, 1.82) is 0 Å². The van der Waals surface area contributed by atoms with E-state index in [0.29, 0.717) is 6.04 Å². The number of nitrogens with zero attached hydrogens (tertiary/aromatic N) is 2. The molecule has 0 bridgehead atoms. The van der Waals surface area contributed by atoms with Crippen molar-refractivity contribution >= 4 is 16.3 Å². The van der Waals surface area contributed by atoms with Gasteiger partial charge in [-0.2, -0.15) is 0 Å². The molecule has 0 saturated heterocycles. The van der Waals surface area contributed by atoms with E-state index in [1.165, 1.54) is 5.00 Å². The highest BCUT2D eigenvalue weighted by molar-refractivity contribution is 7.13. The number of hydrogen-bond acceptors (Lipinski definition) is 3. The Labute approximate surface area is 65.5 Å². The first kappa shape index (κ1) is 7.54. The standard InChI is InChI=1S/C7H12N2S/c1-6(2)9(3)7-4-8-5-10-7/h4-6H,1-3H3. The van der Waals surface area contributed by atoms with Gasteiger partial charge in [-0.3, -0.25) is 4.98 Å². The van der Waals surface area contributed by atoms with E-state index in [-0.39, 0.29) is 0 Å². The third kappa shape index (κ3) is 1.48. The molecule has 0 spiro atoms. The van der Waals surface area contributed by atoms with E-state index in [1.807, 2.05) is 11.7 Å². The predicted octanol–water partition coefficient (Wildman–Crippen LogP) is 1.99. The second kappa shape index (κ2) is 3.01. The molecular formula is C7H12N2S. The van der Waals surface area contributed by atoms with Crippen LogP contribution in [0.2, 0.25) is 0 Å². The van der Waals surface area contributed by atoms with Crippen LogP contribution < -0.4 is 4.90 Å². The molecule has 1 heterocycles. The molecule has 0 unspecified atom stereocenters. The van der Waals surface area contributed by atoms with Gasteiger partial charge < -0.3 is 4.90 Å². The zero-order chi connectivity index (χ0) is 7.56. The van der Waals surface area contributed by atoms with Crippen LogP contribution in [0.5, 0.6) is 0 Å². The molecule has 0 radical (unpaired) electrons. The van der Waals surface area contributed by atoms with E-state index >= 15 is 0 Å². The molecule has 0 aliphatic heterocycles. The molecule has 0 aliphatic carbocycles. The summed E-state index contributed by atoms with van der Waals surface area (Å²) in [6.45, 7) is 4.33. The summed E-state index contributed by atoms with van der Waals surface area (Å²) < 4.78 is 0. The van der Waals surface area contributed by atoms with Crippen LogP contribution in [0.25, 0.3) is 0 Å². The van der Waals surface area contributed by atoms with Gasteiger partial charge in [-0.25, -0.2) is 0 Å². The lowest BCUT2D eigenvalue weighted by atomic mass is 10.4. The van der Waals surface area contributed by atoms with Gasteiger partial charge in [0.1, 0.15) is 5.00 Å². The minimum absolute atomic E-state index is 0.556. The van der Waals surface area contributed by atoms with Gasteiger partial charge in [0.25, 0.3) is 0 Å². The van der Waals surface area contributed by atoms with Gasteiger partial charge in [0.2, 0.25) is 0 Å². The fraction of sp³-hybridized carbons (Fsp3) is 0.571. The molecular weight excluding hydrogens is 144 g/mol. The van der Waals surface area contributed by atoms with Crippen LogP contribution in [-0.2, 0) is 0 Å². The SMILES string of the molecule is CC(C)N(C)c1cncs1. The van der Waals surface area contributed by atoms with Crippen LogP contribution in [0.3, 0.4) is 0 Å². The van der Waals surface area contributed by atoms with E-state index in [0.717, 1.165) is 0 Å². The van der Waals surface area contributed by atoms with Crippen LogP contribution >= 0.6 is 11.3 Å². The molecule has 0 amide bonds. The lowest BCUT2D eigenvalue weighted by molar-refractivity contribution is 0.760. The van der Waals surface area contributed by atoms with E-state index < -0.39 is 0 Å². The molecule has 1 aromatic heterocycles. The number of anilines is 1. The van der Waals surface area contributed by atoms with Crippen molar-refractivity contribution in [2.24, 2.45) is 0 Å². The average molecular weight is 156 g/mol. The first-order chi connectivity index (χ1) is 4.72. The van der Waals surface area contributed by atoms with Gasteiger partial charge in [-0.15, -0.1) is 11.3 Å². The van der Waals surface area contributed by atoms with Crippen molar-refractivity contribution in [2.75, 3.05) is 11.9 Å². The molecule has 1 rings (SSSR count). The topological polar surface area (TPSA) is 16.1 Å². The first-order valence-corrected chi connectivity index (χ1v) is 4.21. The molecule has 56 valence electrons. The van der Waals surface area contributed by atoms with Crippen LogP contribution in [0, 0.1) is 0 Å². The lowest BCUT2D eigenvalue weighted by Crippen LogP contribution is -2.24. The van der Waals surface area contributed by atoms with Gasteiger partial charge in [-0.1, -0.05) is 0 Å². The normalized spacial score (nSPS) is 10.4. The van der Waals surface area contributed by atoms with Crippen LogP contribution in [0.1, 0.15) is 13.8 Å². The summed E-state index contributed by atoms with van der Waals surface area (Å²) in [5.41, 5.74) is 1.86. The minimum atomic E-state index is 0.556. The van der Waals surface area contributed by atoms with Gasteiger partial charge >= 0.3 is 0 Å². The molecule has 0 aromatic carbocycles. The molecule has 0 N–H and O–H groups in total. The fourth-order valence-corrected chi connectivity index (χ4v) is 1.37.